The molecule has 0 unspecified atom stereocenters. The van der Waals surface area contributed by atoms with E-state index < -0.39 is 17.0 Å². The number of carbonyl (C=O) groups is 1. The maximum atomic E-state index is 12.6. The molecule has 0 saturated heterocycles. The molecule has 1 heterocycles. The number of rotatable bonds is 5. The number of halogens is 3. The van der Waals surface area contributed by atoms with Gasteiger partial charge in [-0.2, -0.15) is 17.9 Å². The largest absolute Gasteiger partial charge is 0.416 e. The lowest BCUT2D eigenvalue weighted by Gasteiger charge is -2.12. The molecular weight excluding hydrogens is 391 g/mol. The first kappa shape index (κ1) is 19.9. The third-order valence-corrected chi connectivity index (χ3v) is 4.88. The third-order valence-electron chi connectivity index (χ3n) is 3.85. The monoisotopic (exact) mass is 407 g/mol. The summed E-state index contributed by atoms with van der Waals surface area (Å²) in [5.74, 6) is -0.372. The van der Waals surface area contributed by atoms with E-state index in [1.165, 1.54) is 16.8 Å². The zero-order valence-electron chi connectivity index (χ0n) is 14.9. The van der Waals surface area contributed by atoms with Crippen molar-refractivity contribution in [1.82, 2.24) is 20.2 Å². The van der Waals surface area contributed by atoms with Crippen LogP contribution in [0.3, 0.4) is 0 Å². The van der Waals surface area contributed by atoms with Crippen molar-refractivity contribution in [3.05, 3.63) is 59.7 Å². The van der Waals surface area contributed by atoms with Crippen molar-refractivity contribution in [3.8, 4) is 5.69 Å². The van der Waals surface area contributed by atoms with Gasteiger partial charge in [0.05, 0.1) is 16.5 Å². The minimum Gasteiger partial charge on any atom is -0.325 e. The number of thioether (sulfide) groups is 1. The van der Waals surface area contributed by atoms with Crippen LogP contribution in [0.2, 0.25) is 0 Å². The van der Waals surface area contributed by atoms with Crippen molar-refractivity contribution >= 4 is 23.4 Å². The number of amides is 1. The van der Waals surface area contributed by atoms with E-state index in [4.69, 9.17) is 0 Å². The Bertz CT molecular complexity index is 955. The zero-order valence-corrected chi connectivity index (χ0v) is 15.8. The van der Waals surface area contributed by atoms with Gasteiger partial charge in [0.1, 0.15) is 0 Å². The fourth-order valence-corrected chi connectivity index (χ4v) is 3.11. The first-order valence-electron chi connectivity index (χ1n) is 8.24. The Balaban J connectivity index is 1.67. The van der Waals surface area contributed by atoms with Crippen LogP contribution in [0, 0.1) is 6.92 Å². The standard InChI is InChI=1S/C18H16F3N5OS/c1-11-3-9-15(10-4-11)26-17(23-24-25-26)28-12(2)16(27)22-14-7-5-13(6-8-14)18(19,20)21/h3-10,12H,1-2H3,(H,22,27)/t12-/m0/s1. The molecule has 10 heteroatoms. The van der Waals surface area contributed by atoms with Crippen LogP contribution in [-0.4, -0.2) is 31.4 Å². The Morgan fingerprint density at radius 1 is 1.11 bits per heavy atom. The Morgan fingerprint density at radius 3 is 2.36 bits per heavy atom. The van der Waals surface area contributed by atoms with Gasteiger partial charge in [-0.05, 0) is 60.7 Å². The fraction of sp³-hybridized carbons (Fsp3) is 0.222. The first-order chi connectivity index (χ1) is 13.2. The molecule has 0 fully saturated rings. The summed E-state index contributed by atoms with van der Waals surface area (Å²) in [5.41, 5.74) is 1.36. The molecule has 0 aliphatic carbocycles. The number of nitrogens with zero attached hydrogens (tertiary/aromatic N) is 4. The van der Waals surface area contributed by atoms with Crippen molar-refractivity contribution in [3.63, 3.8) is 0 Å². The molecule has 3 rings (SSSR count). The molecule has 1 aromatic heterocycles. The molecule has 2 aromatic carbocycles. The van der Waals surface area contributed by atoms with E-state index in [0.29, 0.717) is 5.16 Å². The summed E-state index contributed by atoms with van der Waals surface area (Å²) >= 11 is 1.15. The molecule has 0 radical (unpaired) electrons. The second-order valence-corrected chi connectivity index (χ2v) is 7.34. The average Bonchev–Trinajstić information content (AvgIpc) is 3.10. The van der Waals surface area contributed by atoms with E-state index in [1.54, 1.807) is 6.92 Å². The molecular formula is C18H16F3N5OS. The highest BCUT2D eigenvalue weighted by Crippen LogP contribution is 2.30. The SMILES string of the molecule is Cc1ccc(-n2nnnc2S[C@@H](C)C(=O)Nc2ccc(C(F)(F)F)cc2)cc1. The van der Waals surface area contributed by atoms with Crippen LogP contribution < -0.4 is 5.32 Å². The number of tetrazole rings is 1. The molecule has 3 aromatic rings. The number of hydrogen-bond donors (Lipinski definition) is 1. The maximum Gasteiger partial charge on any atom is 0.416 e. The van der Waals surface area contributed by atoms with Crippen LogP contribution in [0.25, 0.3) is 5.69 Å². The highest BCUT2D eigenvalue weighted by molar-refractivity contribution is 8.00. The van der Waals surface area contributed by atoms with Gasteiger partial charge in [-0.25, -0.2) is 0 Å². The number of carbonyl (C=O) groups excluding carboxylic acids is 1. The van der Waals surface area contributed by atoms with Crippen LogP contribution in [-0.2, 0) is 11.0 Å². The predicted molar refractivity (Wildman–Crippen MR) is 99.3 cm³/mol. The van der Waals surface area contributed by atoms with E-state index >= 15 is 0 Å². The number of nitrogens with one attached hydrogen (secondary N) is 1. The number of hydrogen-bond acceptors (Lipinski definition) is 5. The Labute approximate surface area is 163 Å². The lowest BCUT2D eigenvalue weighted by atomic mass is 10.2. The van der Waals surface area contributed by atoms with Gasteiger partial charge in [-0.15, -0.1) is 5.10 Å². The molecule has 1 amide bonds. The molecule has 0 spiro atoms. The van der Waals surface area contributed by atoms with E-state index in [9.17, 15) is 18.0 Å². The van der Waals surface area contributed by atoms with Crippen molar-refractivity contribution in [2.45, 2.75) is 30.4 Å². The number of aryl methyl sites for hydroxylation is 1. The molecule has 1 atom stereocenters. The summed E-state index contributed by atoms with van der Waals surface area (Å²) < 4.78 is 39.4. The van der Waals surface area contributed by atoms with Gasteiger partial charge in [0.25, 0.3) is 0 Å². The molecule has 28 heavy (non-hydrogen) atoms. The van der Waals surface area contributed by atoms with Gasteiger partial charge in [0.15, 0.2) is 0 Å². The summed E-state index contributed by atoms with van der Waals surface area (Å²) in [6.07, 6.45) is -4.42. The number of benzene rings is 2. The number of anilines is 1. The summed E-state index contributed by atoms with van der Waals surface area (Å²) in [6, 6.07) is 11.9. The molecule has 0 aliphatic heterocycles. The maximum absolute atomic E-state index is 12.6. The van der Waals surface area contributed by atoms with Crippen LogP contribution in [0.15, 0.2) is 53.7 Å². The normalized spacial score (nSPS) is 12.6. The summed E-state index contributed by atoms with van der Waals surface area (Å²) in [4.78, 5) is 12.4. The van der Waals surface area contributed by atoms with Gasteiger partial charge in [-0.1, -0.05) is 29.5 Å². The third kappa shape index (κ3) is 4.69. The van der Waals surface area contributed by atoms with Gasteiger partial charge < -0.3 is 5.32 Å². The highest BCUT2D eigenvalue weighted by Gasteiger charge is 2.30. The smallest absolute Gasteiger partial charge is 0.325 e. The van der Waals surface area contributed by atoms with E-state index in [-0.39, 0.29) is 11.6 Å². The quantitative estimate of drug-likeness (QED) is 0.645. The van der Waals surface area contributed by atoms with E-state index in [1.807, 2.05) is 31.2 Å². The molecule has 1 N–H and O–H groups in total. The van der Waals surface area contributed by atoms with Crippen molar-refractivity contribution in [2.75, 3.05) is 5.32 Å². The van der Waals surface area contributed by atoms with Gasteiger partial charge in [-0.3, -0.25) is 4.79 Å². The summed E-state index contributed by atoms with van der Waals surface area (Å²) in [6.45, 7) is 3.63. The van der Waals surface area contributed by atoms with Crippen LogP contribution in [0.4, 0.5) is 18.9 Å². The van der Waals surface area contributed by atoms with Crippen LogP contribution in [0.1, 0.15) is 18.1 Å². The number of alkyl halides is 3. The second-order valence-electron chi connectivity index (χ2n) is 6.03. The Kier molecular flexibility index (Phi) is 5.68. The molecule has 146 valence electrons. The Hall–Kier alpha value is -2.88. The first-order valence-corrected chi connectivity index (χ1v) is 9.12. The van der Waals surface area contributed by atoms with Gasteiger partial charge >= 0.3 is 6.18 Å². The minimum atomic E-state index is -4.42. The van der Waals surface area contributed by atoms with Crippen LogP contribution >= 0.6 is 11.8 Å². The van der Waals surface area contributed by atoms with Crippen LogP contribution in [0.5, 0.6) is 0 Å². The van der Waals surface area contributed by atoms with Gasteiger partial charge in [0.2, 0.25) is 11.1 Å². The van der Waals surface area contributed by atoms with Crippen molar-refractivity contribution < 1.29 is 18.0 Å². The average molecular weight is 407 g/mol. The van der Waals surface area contributed by atoms with E-state index in [2.05, 4.69) is 20.8 Å². The lowest BCUT2D eigenvalue weighted by molar-refractivity contribution is -0.137. The molecule has 0 saturated carbocycles. The van der Waals surface area contributed by atoms with Crippen molar-refractivity contribution in [2.24, 2.45) is 0 Å². The fourth-order valence-electron chi connectivity index (χ4n) is 2.30. The highest BCUT2D eigenvalue weighted by atomic mass is 32.2. The Morgan fingerprint density at radius 2 is 1.75 bits per heavy atom. The number of aromatic nitrogens is 4. The summed E-state index contributed by atoms with van der Waals surface area (Å²) in [5, 5.41) is 14.0. The molecule has 6 nitrogen and oxygen atoms in total. The second kappa shape index (κ2) is 8.01. The lowest BCUT2D eigenvalue weighted by Crippen LogP contribution is -2.23. The van der Waals surface area contributed by atoms with E-state index in [0.717, 1.165) is 35.1 Å². The minimum absolute atomic E-state index is 0.281. The molecule has 0 bridgehead atoms. The van der Waals surface area contributed by atoms with Gasteiger partial charge in [0, 0.05) is 5.69 Å². The van der Waals surface area contributed by atoms with Crippen molar-refractivity contribution in [1.29, 1.82) is 0 Å². The topological polar surface area (TPSA) is 72.7 Å². The predicted octanol–water partition coefficient (Wildman–Crippen LogP) is 4.11. The summed E-state index contributed by atoms with van der Waals surface area (Å²) in [7, 11) is 0. The zero-order chi connectivity index (χ0) is 20.3. The molecule has 0 aliphatic rings.